The van der Waals surface area contributed by atoms with E-state index in [1.807, 2.05) is 12.3 Å². The van der Waals surface area contributed by atoms with Crippen molar-refractivity contribution in [1.29, 1.82) is 0 Å². The number of amides is 1. The van der Waals surface area contributed by atoms with E-state index < -0.39 is 0 Å². The van der Waals surface area contributed by atoms with E-state index >= 15 is 0 Å². The molecule has 0 bridgehead atoms. The van der Waals surface area contributed by atoms with E-state index in [-0.39, 0.29) is 12.5 Å². The molecule has 1 aromatic carbocycles. The van der Waals surface area contributed by atoms with Gasteiger partial charge in [-0.15, -0.1) is 11.3 Å². The Hall–Kier alpha value is -2.18. The summed E-state index contributed by atoms with van der Waals surface area (Å²) in [6, 6.07) is 5.10. The molecule has 110 valence electrons. The molecule has 1 heterocycles. The van der Waals surface area contributed by atoms with Gasteiger partial charge in [0.25, 0.3) is 0 Å². The number of aromatic nitrogens is 1. The molecule has 0 aliphatic rings. The number of nitrogens with one attached hydrogen (secondary N) is 1. The Labute approximate surface area is 126 Å². The van der Waals surface area contributed by atoms with Gasteiger partial charge in [-0.3, -0.25) is 4.79 Å². The van der Waals surface area contributed by atoms with Gasteiger partial charge in [-0.05, 0) is 31.2 Å². The summed E-state index contributed by atoms with van der Waals surface area (Å²) in [6.07, 6.45) is 3.09. The Morgan fingerprint density at radius 2 is 2.33 bits per heavy atom. The van der Waals surface area contributed by atoms with Gasteiger partial charge in [0.15, 0.2) is 0 Å². The summed E-state index contributed by atoms with van der Waals surface area (Å²) in [4.78, 5) is 16.1. The first-order valence-electron chi connectivity index (χ1n) is 6.31. The number of rotatable bonds is 5. The zero-order valence-corrected chi connectivity index (χ0v) is 12.6. The largest absolute Gasteiger partial charge is 0.496 e. The Bertz CT molecular complexity index is 665. The molecule has 2 aromatic rings. The summed E-state index contributed by atoms with van der Waals surface area (Å²) >= 11 is 1.53. The second-order valence-corrected chi connectivity index (χ2v) is 5.36. The predicted octanol–water partition coefficient (Wildman–Crippen LogP) is 2.60. The quantitative estimate of drug-likeness (QED) is 0.833. The molecule has 0 fully saturated rings. The lowest BCUT2D eigenvalue weighted by molar-refractivity contribution is -0.111. The lowest BCUT2D eigenvalue weighted by Gasteiger charge is -2.09. The standard InChI is InChI=1S/C15H16N2O3S/c1-10-16-13(9-21-10)4-6-15(19)17-12-3-5-14(20-2)11(7-12)8-18/h3-7,9,18H,8H2,1-2H3,(H,17,19)/b6-4+. The van der Waals surface area contributed by atoms with Crippen LogP contribution in [0.3, 0.4) is 0 Å². The van der Waals surface area contributed by atoms with E-state index in [4.69, 9.17) is 4.74 Å². The lowest BCUT2D eigenvalue weighted by Crippen LogP contribution is -2.08. The van der Waals surface area contributed by atoms with E-state index in [0.717, 1.165) is 10.7 Å². The van der Waals surface area contributed by atoms with Crippen LogP contribution < -0.4 is 10.1 Å². The van der Waals surface area contributed by atoms with Crippen molar-refractivity contribution in [3.63, 3.8) is 0 Å². The van der Waals surface area contributed by atoms with Gasteiger partial charge < -0.3 is 15.2 Å². The Morgan fingerprint density at radius 1 is 1.52 bits per heavy atom. The first-order valence-corrected chi connectivity index (χ1v) is 7.19. The predicted molar refractivity (Wildman–Crippen MR) is 83.4 cm³/mol. The minimum Gasteiger partial charge on any atom is -0.496 e. The monoisotopic (exact) mass is 304 g/mol. The number of hydrogen-bond donors (Lipinski definition) is 2. The molecule has 21 heavy (non-hydrogen) atoms. The average molecular weight is 304 g/mol. The highest BCUT2D eigenvalue weighted by atomic mass is 32.1. The second-order valence-electron chi connectivity index (χ2n) is 4.30. The zero-order valence-electron chi connectivity index (χ0n) is 11.8. The van der Waals surface area contributed by atoms with Crippen molar-refractivity contribution < 1.29 is 14.6 Å². The lowest BCUT2D eigenvalue weighted by atomic mass is 10.2. The summed E-state index contributed by atoms with van der Waals surface area (Å²) in [5, 5.41) is 14.8. The van der Waals surface area contributed by atoms with Crippen LogP contribution in [-0.4, -0.2) is 23.1 Å². The normalized spacial score (nSPS) is 10.8. The van der Waals surface area contributed by atoms with Crippen LogP contribution >= 0.6 is 11.3 Å². The van der Waals surface area contributed by atoms with Crippen LogP contribution in [0.4, 0.5) is 5.69 Å². The number of thiazole rings is 1. The van der Waals surface area contributed by atoms with E-state index in [9.17, 15) is 9.90 Å². The molecule has 0 spiro atoms. The van der Waals surface area contributed by atoms with Gasteiger partial charge in [-0.2, -0.15) is 0 Å². The second kappa shape index (κ2) is 7.01. The number of benzene rings is 1. The van der Waals surface area contributed by atoms with Crippen molar-refractivity contribution in [2.75, 3.05) is 12.4 Å². The van der Waals surface area contributed by atoms with Gasteiger partial charge in [-0.1, -0.05) is 0 Å². The third-order valence-corrected chi connectivity index (χ3v) is 3.55. The number of carbonyl (C=O) groups is 1. The van der Waals surface area contributed by atoms with Crippen LogP contribution in [0, 0.1) is 6.92 Å². The van der Waals surface area contributed by atoms with E-state index in [2.05, 4.69) is 10.3 Å². The van der Waals surface area contributed by atoms with Crippen molar-refractivity contribution in [1.82, 2.24) is 4.98 Å². The average Bonchev–Trinajstić information content (AvgIpc) is 2.90. The first-order chi connectivity index (χ1) is 10.1. The van der Waals surface area contributed by atoms with E-state index in [0.29, 0.717) is 17.0 Å². The van der Waals surface area contributed by atoms with Gasteiger partial charge >= 0.3 is 0 Å². The van der Waals surface area contributed by atoms with Crippen molar-refractivity contribution in [2.24, 2.45) is 0 Å². The van der Waals surface area contributed by atoms with Crippen LogP contribution in [0.5, 0.6) is 5.75 Å². The molecule has 5 nitrogen and oxygen atoms in total. The number of aliphatic hydroxyl groups excluding tert-OH is 1. The van der Waals surface area contributed by atoms with Crippen molar-refractivity contribution in [2.45, 2.75) is 13.5 Å². The van der Waals surface area contributed by atoms with Gasteiger partial charge in [-0.25, -0.2) is 4.98 Å². The first kappa shape index (κ1) is 15.2. The minimum absolute atomic E-state index is 0.152. The molecule has 0 saturated carbocycles. The molecule has 1 aromatic heterocycles. The summed E-state index contributed by atoms with van der Waals surface area (Å²) in [5.74, 6) is 0.332. The summed E-state index contributed by atoms with van der Waals surface area (Å²) in [5.41, 5.74) is 1.98. The van der Waals surface area contributed by atoms with Crippen LogP contribution in [0.25, 0.3) is 6.08 Å². The van der Waals surface area contributed by atoms with Crippen LogP contribution in [-0.2, 0) is 11.4 Å². The third-order valence-electron chi connectivity index (χ3n) is 2.76. The molecular weight excluding hydrogens is 288 g/mol. The SMILES string of the molecule is COc1ccc(NC(=O)/C=C/c2csc(C)n2)cc1CO. The molecular formula is C15H16N2O3S. The third kappa shape index (κ3) is 4.14. The van der Waals surface area contributed by atoms with E-state index in [1.54, 1.807) is 24.3 Å². The molecule has 0 atom stereocenters. The molecule has 2 N–H and O–H groups in total. The summed E-state index contributed by atoms with van der Waals surface area (Å²) in [7, 11) is 1.53. The highest BCUT2D eigenvalue weighted by molar-refractivity contribution is 7.09. The molecule has 0 aliphatic heterocycles. The van der Waals surface area contributed by atoms with Crippen molar-refractivity contribution in [3.05, 3.63) is 45.9 Å². The number of hydrogen-bond acceptors (Lipinski definition) is 5. The zero-order chi connectivity index (χ0) is 15.2. The number of anilines is 1. The Morgan fingerprint density at radius 3 is 2.95 bits per heavy atom. The molecule has 0 unspecified atom stereocenters. The number of aliphatic hydroxyl groups is 1. The fourth-order valence-electron chi connectivity index (χ4n) is 1.78. The van der Waals surface area contributed by atoms with Crippen LogP contribution in [0.1, 0.15) is 16.3 Å². The summed E-state index contributed by atoms with van der Waals surface area (Å²) in [6.45, 7) is 1.76. The number of ether oxygens (including phenoxy) is 1. The maximum absolute atomic E-state index is 11.8. The van der Waals surface area contributed by atoms with Gasteiger partial charge in [0.2, 0.25) is 5.91 Å². The summed E-state index contributed by atoms with van der Waals surface area (Å²) < 4.78 is 5.11. The number of carbonyl (C=O) groups excluding carboxylic acids is 1. The fraction of sp³-hybridized carbons (Fsp3) is 0.200. The molecule has 0 aliphatic carbocycles. The number of aryl methyl sites for hydroxylation is 1. The fourth-order valence-corrected chi connectivity index (χ4v) is 2.36. The molecule has 0 saturated heterocycles. The van der Waals surface area contributed by atoms with E-state index in [1.165, 1.54) is 24.5 Å². The van der Waals surface area contributed by atoms with Gasteiger partial charge in [0.05, 0.1) is 24.4 Å². The highest BCUT2D eigenvalue weighted by Crippen LogP contribution is 2.22. The minimum atomic E-state index is -0.255. The molecule has 0 radical (unpaired) electrons. The topological polar surface area (TPSA) is 71.5 Å². The maximum Gasteiger partial charge on any atom is 0.248 e. The van der Waals surface area contributed by atoms with Crippen LogP contribution in [0.15, 0.2) is 29.7 Å². The molecule has 6 heteroatoms. The van der Waals surface area contributed by atoms with Crippen molar-refractivity contribution in [3.8, 4) is 5.75 Å². The Balaban J connectivity index is 2.04. The van der Waals surface area contributed by atoms with Gasteiger partial charge in [0.1, 0.15) is 5.75 Å². The smallest absolute Gasteiger partial charge is 0.248 e. The molecule has 1 amide bonds. The van der Waals surface area contributed by atoms with Crippen molar-refractivity contribution >= 4 is 29.0 Å². The van der Waals surface area contributed by atoms with Crippen LogP contribution in [0.2, 0.25) is 0 Å². The maximum atomic E-state index is 11.8. The number of methoxy groups -OCH3 is 1. The Kier molecular flexibility index (Phi) is 5.08. The van der Waals surface area contributed by atoms with Gasteiger partial charge in [0, 0.05) is 22.7 Å². The molecule has 2 rings (SSSR count). The number of nitrogens with zero attached hydrogens (tertiary/aromatic N) is 1. The highest BCUT2D eigenvalue weighted by Gasteiger charge is 2.05.